The summed E-state index contributed by atoms with van der Waals surface area (Å²) in [6.45, 7) is 6.94. The molecule has 88 valence electrons. The van der Waals surface area contributed by atoms with Crippen molar-refractivity contribution < 1.29 is 4.79 Å². The van der Waals surface area contributed by atoms with Gasteiger partial charge in [-0.3, -0.25) is 9.36 Å². The Morgan fingerprint density at radius 1 is 1.38 bits per heavy atom. The van der Waals surface area contributed by atoms with E-state index in [2.05, 4.69) is 5.10 Å². The van der Waals surface area contributed by atoms with Crippen LogP contribution in [0.15, 0.2) is 4.79 Å². The number of hydrogen-bond donors (Lipinski definition) is 0. The van der Waals surface area contributed by atoms with E-state index < -0.39 is 0 Å². The SMILES string of the molecule is CC(=O)N1CCn2c(nn(C(C)C)c2=O)C1. The number of rotatable bonds is 1. The van der Waals surface area contributed by atoms with Crippen LogP contribution >= 0.6 is 0 Å². The third kappa shape index (κ3) is 1.64. The largest absolute Gasteiger partial charge is 0.346 e. The van der Waals surface area contributed by atoms with Crippen LogP contribution in [0, 0.1) is 0 Å². The smallest absolute Gasteiger partial charge is 0.334 e. The number of amides is 1. The first kappa shape index (κ1) is 10.9. The molecule has 1 aromatic heterocycles. The Morgan fingerprint density at radius 3 is 2.62 bits per heavy atom. The first-order valence-electron chi connectivity index (χ1n) is 5.44. The van der Waals surface area contributed by atoms with Crippen LogP contribution in [0.1, 0.15) is 32.6 Å². The topological polar surface area (TPSA) is 60.1 Å². The molecule has 1 aliphatic heterocycles. The van der Waals surface area contributed by atoms with E-state index in [1.165, 1.54) is 11.6 Å². The van der Waals surface area contributed by atoms with E-state index in [1.807, 2.05) is 13.8 Å². The first-order chi connectivity index (χ1) is 7.50. The molecular formula is C10H16N4O2. The molecule has 16 heavy (non-hydrogen) atoms. The highest BCUT2D eigenvalue weighted by molar-refractivity contribution is 5.73. The fraction of sp³-hybridized carbons (Fsp3) is 0.700. The van der Waals surface area contributed by atoms with E-state index in [-0.39, 0.29) is 17.6 Å². The molecule has 0 unspecified atom stereocenters. The van der Waals surface area contributed by atoms with Crippen molar-refractivity contribution in [2.75, 3.05) is 6.54 Å². The lowest BCUT2D eigenvalue weighted by Gasteiger charge is -2.25. The average molecular weight is 224 g/mol. The monoisotopic (exact) mass is 224 g/mol. The quantitative estimate of drug-likeness (QED) is 0.674. The van der Waals surface area contributed by atoms with Gasteiger partial charge in [-0.15, -0.1) is 0 Å². The molecule has 0 atom stereocenters. The lowest BCUT2D eigenvalue weighted by molar-refractivity contribution is -0.130. The molecule has 0 saturated carbocycles. The molecule has 1 aromatic rings. The van der Waals surface area contributed by atoms with Crippen LogP contribution in [0.2, 0.25) is 0 Å². The molecule has 0 aliphatic carbocycles. The number of carbonyl (C=O) groups is 1. The molecular weight excluding hydrogens is 208 g/mol. The van der Waals surface area contributed by atoms with Crippen LogP contribution < -0.4 is 5.69 Å². The summed E-state index contributed by atoms with van der Waals surface area (Å²) < 4.78 is 3.12. The number of carbonyl (C=O) groups excluding carboxylic acids is 1. The number of aromatic nitrogens is 3. The van der Waals surface area contributed by atoms with Crippen LogP contribution in [-0.4, -0.2) is 31.7 Å². The van der Waals surface area contributed by atoms with Gasteiger partial charge in [0.2, 0.25) is 5.91 Å². The van der Waals surface area contributed by atoms with Gasteiger partial charge in [0, 0.05) is 20.0 Å². The van der Waals surface area contributed by atoms with Crippen LogP contribution in [-0.2, 0) is 17.9 Å². The second-order valence-corrected chi connectivity index (χ2v) is 4.33. The summed E-state index contributed by atoms with van der Waals surface area (Å²) in [6, 6.07) is 0.0522. The summed E-state index contributed by atoms with van der Waals surface area (Å²) in [4.78, 5) is 24.8. The second-order valence-electron chi connectivity index (χ2n) is 4.33. The molecule has 0 spiro atoms. The van der Waals surface area contributed by atoms with Crippen molar-refractivity contribution in [3.8, 4) is 0 Å². The van der Waals surface area contributed by atoms with Crippen molar-refractivity contribution >= 4 is 5.91 Å². The van der Waals surface area contributed by atoms with Gasteiger partial charge in [0.15, 0.2) is 5.82 Å². The van der Waals surface area contributed by atoms with E-state index in [1.54, 1.807) is 9.47 Å². The van der Waals surface area contributed by atoms with Gasteiger partial charge < -0.3 is 4.90 Å². The van der Waals surface area contributed by atoms with Gasteiger partial charge >= 0.3 is 5.69 Å². The predicted octanol–water partition coefficient (Wildman–Crippen LogP) is -0.0122. The zero-order chi connectivity index (χ0) is 11.9. The summed E-state index contributed by atoms with van der Waals surface area (Å²) >= 11 is 0. The van der Waals surface area contributed by atoms with Gasteiger partial charge in [0.05, 0.1) is 12.6 Å². The summed E-state index contributed by atoms with van der Waals surface area (Å²) in [5.74, 6) is 0.706. The molecule has 0 N–H and O–H groups in total. The van der Waals surface area contributed by atoms with Gasteiger partial charge in [-0.1, -0.05) is 0 Å². The maximum absolute atomic E-state index is 11.9. The third-order valence-electron chi connectivity index (χ3n) is 2.82. The van der Waals surface area contributed by atoms with Gasteiger partial charge in [-0.05, 0) is 13.8 Å². The zero-order valence-corrected chi connectivity index (χ0v) is 9.80. The molecule has 6 heteroatoms. The standard InChI is InChI=1S/C10H16N4O2/c1-7(2)14-10(16)13-5-4-12(8(3)15)6-9(13)11-14/h7H,4-6H2,1-3H3. The highest BCUT2D eigenvalue weighted by Crippen LogP contribution is 2.09. The molecule has 2 heterocycles. The van der Waals surface area contributed by atoms with E-state index in [4.69, 9.17) is 0 Å². The molecule has 0 aromatic carbocycles. The Bertz CT molecular complexity index is 472. The first-order valence-corrected chi connectivity index (χ1v) is 5.44. The summed E-state index contributed by atoms with van der Waals surface area (Å²) in [6.07, 6.45) is 0. The fourth-order valence-corrected chi connectivity index (χ4v) is 1.87. The van der Waals surface area contributed by atoms with Crippen molar-refractivity contribution in [3.05, 3.63) is 16.3 Å². The molecule has 6 nitrogen and oxygen atoms in total. The maximum Gasteiger partial charge on any atom is 0.346 e. The predicted molar refractivity (Wildman–Crippen MR) is 58.0 cm³/mol. The van der Waals surface area contributed by atoms with E-state index >= 15 is 0 Å². The lowest BCUT2D eigenvalue weighted by Crippen LogP contribution is -2.39. The Morgan fingerprint density at radius 2 is 2.06 bits per heavy atom. The summed E-state index contributed by atoms with van der Waals surface area (Å²) in [5.41, 5.74) is -0.0757. The summed E-state index contributed by atoms with van der Waals surface area (Å²) in [5, 5.41) is 4.26. The van der Waals surface area contributed by atoms with Crippen molar-refractivity contribution in [2.45, 2.75) is 39.9 Å². The third-order valence-corrected chi connectivity index (χ3v) is 2.82. The van der Waals surface area contributed by atoms with Crippen LogP contribution in [0.4, 0.5) is 0 Å². The Balaban J connectivity index is 2.37. The molecule has 2 rings (SSSR count). The summed E-state index contributed by atoms with van der Waals surface area (Å²) in [7, 11) is 0. The molecule has 1 aliphatic rings. The van der Waals surface area contributed by atoms with E-state index in [0.29, 0.717) is 25.5 Å². The molecule has 1 amide bonds. The number of nitrogens with zero attached hydrogens (tertiary/aromatic N) is 4. The van der Waals surface area contributed by atoms with Gasteiger partial charge in [0.25, 0.3) is 0 Å². The maximum atomic E-state index is 11.9. The second kappa shape index (κ2) is 3.77. The lowest BCUT2D eigenvalue weighted by atomic mass is 10.3. The van der Waals surface area contributed by atoms with Crippen molar-refractivity contribution in [2.24, 2.45) is 0 Å². The van der Waals surface area contributed by atoms with Crippen LogP contribution in [0.25, 0.3) is 0 Å². The molecule has 0 saturated heterocycles. The minimum absolute atomic E-state index is 0.0257. The molecule has 0 bridgehead atoms. The van der Waals surface area contributed by atoms with Crippen molar-refractivity contribution in [1.29, 1.82) is 0 Å². The van der Waals surface area contributed by atoms with E-state index in [0.717, 1.165) is 0 Å². The zero-order valence-electron chi connectivity index (χ0n) is 9.80. The molecule has 0 fully saturated rings. The van der Waals surface area contributed by atoms with E-state index in [9.17, 15) is 9.59 Å². The number of hydrogen-bond acceptors (Lipinski definition) is 3. The molecule has 0 radical (unpaired) electrons. The Hall–Kier alpha value is -1.59. The van der Waals surface area contributed by atoms with Crippen LogP contribution in [0.5, 0.6) is 0 Å². The minimum atomic E-state index is -0.0757. The van der Waals surface area contributed by atoms with Gasteiger partial charge in [-0.2, -0.15) is 5.10 Å². The van der Waals surface area contributed by atoms with Gasteiger partial charge in [-0.25, -0.2) is 9.48 Å². The van der Waals surface area contributed by atoms with Crippen LogP contribution in [0.3, 0.4) is 0 Å². The average Bonchev–Trinajstić information content (AvgIpc) is 2.55. The fourth-order valence-electron chi connectivity index (χ4n) is 1.87. The minimum Gasteiger partial charge on any atom is -0.334 e. The van der Waals surface area contributed by atoms with Gasteiger partial charge in [0.1, 0.15) is 0 Å². The highest BCUT2D eigenvalue weighted by Gasteiger charge is 2.23. The van der Waals surface area contributed by atoms with Crippen molar-refractivity contribution in [3.63, 3.8) is 0 Å². The highest BCUT2D eigenvalue weighted by atomic mass is 16.2. The number of fused-ring (bicyclic) bond motifs is 1. The normalized spacial score (nSPS) is 15.4. The Kier molecular flexibility index (Phi) is 2.57. The van der Waals surface area contributed by atoms with Crippen molar-refractivity contribution in [1.82, 2.24) is 19.2 Å². The Labute approximate surface area is 93.5 Å².